The zero-order valence-electron chi connectivity index (χ0n) is 19.4. The van der Waals surface area contributed by atoms with Crippen molar-refractivity contribution in [3.63, 3.8) is 0 Å². The van der Waals surface area contributed by atoms with Crippen molar-refractivity contribution in [3.05, 3.63) is 89.7 Å². The smallest absolute Gasteiger partial charge is 0.253 e. The first-order valence-electron chi connectivity index (χ1n) is 11.3. The van der Waals surface area contributed by atoms with Crippen molar-refractivity contribution in [2.45, 2.75) is 33.0 Å². The lowest BCUT2D eigenvalue weighted by atomic mass is 10.1. The van der Waals surface area contributed by atoms with Crippen molar-refractivity contribution in [2.75, 3.05) is 6.54 Å². The summed E-state index contributed by atoms with van der Waals surface area (Å²) < 4.78 is 1.98. The summed E-state index contributed by atoms with van der Waals surface area (Å²) in [4.78, 5) is 19.8. The largest absolute Gasteiger partial charge is 0.508 e. The molecule has 4 aromatic rings. The van der Waals surface area contributed by atoms with Gasteiger partial charge in [-0.05, 0) is 55.8 Å². The van der Waals surface area contributed by atoms with Crippen molar-refractivity contribution in [3.8, 4) is 29.4 Å². The number of carbonyl (C=O) groups is 1. The van der Waals surface area contributed by atoms with E-state index < -0.39 is 0 Å². The number of imidazole rings is 1. The van der Waals surface area contributed by atoms with Gasteiger partial charge in [0.1, 0.15) is 11.4 Å². The first kappa shape index (κ1) is 23.1. The number of hydrogen-bond donors (Lipinski definition) is 2. The molecule has 2 heterocycles. The van der Waals surface area contributed by atoms with Gasteiger partial charge in [-0.2, -0.15) is 0 Å². The van der Waals surface area contributed by atoms with Gasteiger partial charge in [0.2, 0.25) is 0 Å². The van der Waals surface area contributed by atoms with Gasteiger partial charge in [0.25, 0.3) is 5.91 Å². The molecule has 0 spiro atoms. The molecule has 0 aliphatic rings. The molecule has 0 saturated heterocycles. The molecule has 0 fully saturated rings. The van der Waals surface area contributed by atoms with Crippen LogP contribution in [0.15, 0.2) is 72.9 Å². The van der Waals surface area contributed by atoms with Gasteiger partial charge in [-0.1, -0.05) is 36.3 Å². The lowest BCUT2D eigenvalue weighted by Gasteiger charge is -2.27. The van der Waals surface area contributed by atoms with E-state index in [0.29, 0.717) is 12.1 Å². The quantitative estimate of drug-likeness (QED) is 0.387. The van der Waals surface area contributed by atoms with Crippen LogP contribution in [0.5, 0.6) is 5.75 Å². The summed E-state index contributed by atoms with van der Waals surface area (Å²) in [5, 5.41) is 12.5. The molecule has 4 rings (SSSR count). The highest BCUT2D eigenvalue weighted by Gasteiger charge is 2.20. The number of hydrogen-bond acceptors (Lipinski definition) is 4. The standard InChI is InChI=1S/C28H28N4O2/c1-4-16-29-28(34)23-12-15-26-30-27(22-10-13-24(33)14-11-22)25(32(26)18-23)19-31(20(2)3)17-21-8-6-5-7-9-21/h1,5-15,18,20,33H,16-17,19H2,2-3H3,(H,29,34). The maximum absolute atomic E-state index is 12.6. The fraction of sp³-hybridized carbons (Fsp3) is 0.214. The topological polar surface area (TPSA) is 69.9 Å². The molecule has 1 amide bonds. The van der Waals surface area contributed by atoms with Crippen LogP contribution in [-0.2, 0) is 13.1 Å². The Labute approximate surface area is 199 Å². The van der Waals surface area contributed by atoms with Gasteiger partial charge < -0.3 is 14.8 Å². The Kier molecular flexibility index (Phi) is 6.95. The maximum atomic E-state index is 12.6. The van der Waals surface area contributed by atoms with Crippen LogP contribution >= 0.6 is 0 Å². The Morgan fingerprint density at radius 2 is 1.82 bits per heavy atom. The fourth-order valence-electron chi connectivity index (χ4n) is 3.89. The fourth-order valence-corrected chi connectivity index (χ4v) is 3.89. The predicted molar refractivity (Wildman–Crippen MR) is 134 cm³/mol. The second-order valence-corrected chi connectivity index (χ2v) is 8.47. The highest BCUT2D eigenvalue weighted by molar-refractivity contribution is 5.94. The van der Waals surface area contributed by atoms with E-state index in [1.807, 2.05) is 47.0 Å². The molecule has 0 radical (unpaired) electrons. The number of rotatable bonds is 8. The van der Waals surface area contributed by atoms with Crippen LogP contribution in [0.2, 0.25) is 0 Å². The maximum Gasteiger partial charge on any atom is 0.253 e. The summed E-state index contributed by atoms with van der Waals surface area (Å²) in [6.45, 7) is 5.92. The van der Waals surface area contributed by atoms with Crippen LogP contribution in [0.4, 0.5) is 0 Å². The van der Waals surface area contributed by atoms with E-state index in [0.717, 1.165) is 29.1 Å². The molecule has 0 saturated carbocycles. The summed E-state index contributed by atoms with van der Waals surface area (Å²) in [7, 11) is 0. The summed E-state index contributed by atoms with van der Waals surface area (Å²) in [6, 6.07) is 21.3. The van der Waals surface area contributed by atoms with Crippen molar-refractivity contribution in [1.82, 2.24) is 19.6 Å². The minimum atomic E-state index is -0.226. The second kappa shape index (κ2) is 10.2. The van der Waals surface area contributed by atoms with Gasteiger partial charge in [0.15, 0.2) is 0 Å². The van der Waals surface area contributed by atoms with Crippen molar-refractivity contribution in [2.24, 2.45) is 0 Å². The number of benzene rings is 2. The molecule has 0 unspecified atom stereocenters. The van der Waals surface area contributed by atoms with Gasteiger partial charge in [-0.15, -0.1) is 6.42 Å². The van der Waals surface area contributed by atoms with E-state index in [-0.39, 0.29) is 24.2 Å². The van der Waals surface area contributed by atoms with E-state index in [4.69, 9.17) is 11.4 Å². The number of nitrogens with zero attached hydrogens (tertiary/aromatic N) is 3. The molecule has 0 aliphatic heterocycles. The number of phenols is 1. The van der Waals surface area contributed by atoms with Crippen LogP contribution in [-0.4, -0.2) is 37.9 Å². The van der Waals surface area contributed by atoms with Crippen LogP contribution in [0.1, 0.15) is 35.5 Å². The third-order valence-electron chi connectivity index (χ3n) is 5.78. The first-order chi connectivity index (χ1) is 16.5. The molecule has 0 aliphatic carbocycles. The molecule has 6 heteroatoms. The number of pyridine rings is 1. The number of aromatic nitrogens is 2. The Bertz CT molecular complexity index is 1320. The lowest BCUT2D eigenvalue weighted by Crippen LogP contribution is -2.30. The number of amides is 1. The number of fused-ring (bicyclic) bond motifs is 1. The number of aromatic hydroxyl groups is 1. The van der Waals surface area contributed by atoms with Gasteiger partial charge in [0, 0.05) is 30.9 Å². The molecule has 34 heavy (non-hydrogen) atoms. The first-order valence-corrected chi connectivity index (χ1v) is 11.3. The average Bonchev–Trinajstić information content (AvgIpc) is 3.20. The number of nitrogens with one attached hydrogen (secondary N) is 1. The van der Waals surface area contributed by atoms with Crippen LogP contribution in [0, 0.1) is 12.3 Å². The summed E-state index contributed by atoms with van der Waals surface area (Å²) in [6.07, 6.45) is 7.10. The van der Waals surface area contributed by atoms with E-state index in [1.54, 1.807) is 18.2 Å². The molecule has 2 aromatic heterocycles. The predicted octanol–water partition coefficient (Wildman–Crippen LogP) is 4.48. The van der Waals surface area contributed by atoms with Crippen LogP contribution in [0.25, 0.3) is 16.9 Å². The third-order valence-corrected chi connectivity index (χ3v) is 5.78. The van der Waals surface area contributed by atoms with Gasteiger partial charge in [-0.25, -0.2) is 4.98 Å². The minimum absolute atomic E-state index is 0.171. The summed E-state index contributed by atoms with van der Waals surface area (Å²) in [5.74, 6) is 2.41. The Morgan fingerprint density at radius 1 is 1.09 bits per heavy atom. The number of carbonyl (C=O) groups excluding carboxylic acids is 1. The molecule has 172 valence electrons. The SMILES string of the molecule is C#CCNC(=O)c1ccc2nc(-c3ccc(O)cc3)c(CN(Cc3ccccc3)C(C)C)n2c1. The Hall–Kier alpha value is -4.08. The van der Waals surface area contributed by atoms with Crippen LogP contribution in [0.3, 0.4) is 0 Å². The van der Waals surface area contributed by atoms with Crippen molar-refractivity contribution < 1.29 is 9.90 Å². The average molecular weight is 453 g/mol. The number of phenolic OH excluding ortho intramolecular Hbond substituents is 1. The molecule has 2 aromatic carbocycles. The third kappa shape index (κ3) is 5.11. The molecule has 6 nitrogen and oxygen atoms in total. The zero-order valence-corrected chi connectivity index (χ0v) is 19.4. The van der Waals surface area contributed by atoms with Crippen LogP contribution < -0.4 is 5.32 Å². The minimum Gasteiger partial charge on any atom is -0.508 e. The number of terminal acetylenes is 1. The lowest BCUT2D eigenvalue weighted by molar-refractivity contribution is 0.0958. The zero-order chi connectivity index (χ0) is 24.1. The van der Waals surface area contributed by atoms with Crippen molar-refractivity contribution in [1.29, 1.82) is 0 Å². The Morgan fingerprint density at radius 3 is 2.50 bits per heavy atom. The van der Waals surface area contributed by atoms with E-state index in [9.17, 15) is 9.90 Å². The highest BCUT2D eigenvalue weighted by atomic mass is 16.3. The van der Waals surface area contributed by atoms with Crippen molar-refractivity contribution >= 4 is 11.6 Å². The van der Waals surface area contributed by atoms with Gasteiger partial charge >= 0.3 is 0 Å². The van der Waals surface area contributed by atoms with E-state index in [2.05, 4.69) is 42.1 Å². The molecular weight excluding hydrogens is 424 g/mol. The van der Waals surface area contributed by atoms with E-state index in [1.165, 1.54) is 5.56 Å². The van der Waals surface area contributed by atoms with Gasteiger partial charge in [0.05, 0.1) is 23.5 Å². The summed E-state index contributed by atoms with van der Waals surface area (Å²) in [5.41, 5.74) is 5.17. The summed E-state index contributed by atoms with van der Waals surface area (Å²) >= 11 is 0. The normalized spacial score (nSPS) is 11.1. The molecule has 2 N–H and O–H groups in total. The van der Waals surface area contributed by atoms with Gasteiger partial charge in [-0.3, -0.25) is 9.69 Å². The molecular formula is C28H28N4O2. The molecule has 0 bridgehead atoms. The molecule has 0 atom stereocenters. The highest BCUT2D eigenvalue weighted by Crippen LogP contribution is 2.28. The monoisotopic (exact) mass is 452 g/mol. The second-order valence-electron chi connectivity index (χ2n) is 8.47. The Balaban J connectivity index is 1.79. The van der Waals surface area contributed by atoms with E-state index >= 15 is 0 Å².